The van der Waals surface area contributed by atoms with E-state index in [0.717, 1.165) is 27.4 Å². The molecule has 0 unspecified atom stereocenters. The maximum atomic E-state index is 12.3. The third kappa shape index (κ3) is 6.29. The Balaban J connectivity index is 1.87. The predicted molar refractivity (Wildman–Crippen MR) is 112 cm³/mol. The Labute approximate surface area is 166 Å². The summed E-state index contributed by atoms with van der Waals surface area (Å²) in [6.45, 7) is 9.62. The molecule has 0 saturated heterocycles. The minimum atomic E-state index is -0.0834. The van der Waals surface area contributed by atoms with Gasteiger partial charge in [0.1, 0.15) is 0 Å². The van der Waals surface area contributed by atoms with Crippen LogP contribution in [0.15, 0.2) is 30.3 Å². The number of carbonyl (C=O) groups excluding carboxylic acids is 2. The van der Waals surface area contributed by atoms with Gasteiger partial charge in [-0.2, -0.15) is 0 Å². The van der Waals surface area contributed by atoms with Crippen LogP contribution in [0, 0.1) is 13.8 Å². The Bertz CT molecular complexity index is 795. The fourth-order valence-corrected chi connectivity index (χ4v) is 3.83. The van der Waals surface area contributed by atoms with Crippen molar-refractivity contribution in [3.05, 3.63) is 56.8 Å². The number of rotatable bonds is 9. The van der Waals surface area contributed by atoms with Crippen molar-refractivity contribution < 1.29 is 9.59 Å². The van der Waals surface area contributed by atoms with Crippen molar-refractivity contribution in [1.29, 1.82) is 0 Å². The first-order chi connectivity index (χ1) is 12.8. The van der Waals surface area contributed by atoms with E-state index >= 15 is 0 Å². The molecule has 27 heavy (non-hydrogen) atoms. The lowest BCUT2D eigenvalue weighted by molar-refractivity contribution is -0.121. The normalized spacial score (nSPS) is 11.2. The van der Waals surface area contributed by atoms with Gasteiger partial charge in [0, 0.05) is 47.3 Å². The van der Waals surface area contributed by atoms with E-state index in [1.807, 2.05) is 38.1 Å². The molecule has 1 heterocycles. The number of ketones is 1. The largest absolute Gasteiger partial charge is 0.352 e. The van der Waals surface area contributed by atoms with Crippen LogP contribution in [0.2, 0.25) is 0 Å². The minimum absolute atomic E-state index is 0.0472. The van der Waals surface area contributed by atoms with E-state index in [4.69, 9.17) is 0 Å². The van der Waals surface area contributed by atoms with Gasteiger partial charge in [-0.25, -0.2) is 0 Å². The number of hydrogen-bond acceptors (Lipinski definition) is 4. The average molecular weight is 387 g/mol. The average Bonchev–Trinajstić information content (AvgIpc) is 2.97. The van der Waals surface area contributed by atoms with Crippen molar-refractivity contribution in [2.24, 2.45) is 0 Å². The topological polar surface area (TPSA) is 49.4 Å². The lowest BCUT2D eigenvalue weighted by Crippen LogP contribution is -2.27. The van der Waals surface area contributed by atoms with Crippen molar-refractivity contribution in [2.75, 3.05) is 7.05 Å². The predicted octanol–water partition coefficient (Wildman–Crippen LogP) is 4.48. The molecule has 0 fully saturated rings. The second kappa shape index (κ2) is 9.81. The summed E-state index contributed by atoms with van der Waals surface area (Å²) in [4.78, 5) is 29.0. The fourth-order valence-electron chi connectivity index (χ4n) is 2.89. The molecule has 1 aromatic heterocycles. The van der Waals surface area contributed by atoms with Gasteiger partial charge >= 0.3 is 0 Å². The minimum Gasteiger partial charge on any atom is -0.352 e. The lowest BCUT2D eigenvalue weighted by atomic mass is 10.1. The number of aryl methyl sites for hydroxylation is 2. The molecule has 4 nitrogen and oxygen atoms in total. The van der Waals surface area contributed by atoms with Crippen LogP contribution >= 0.6 is 11.3 Å². The Hall–Kier alpha value is -1.98. The quantitative estimate of drug-likeness (QED) is 0.646. The van der Waals surface area contributed by atoms with Gasteiger partial charge in [0.05, 0.1) is 0 Å². The molecule has 2 rings (SSSR count). The zero-order valence-electron chi connectivity index (χ0n) is 17.0. The van der Waals surface area contributed by atoms with Crippen LogP contribution in [0.25, 0.3) is 0 Å². The van der Waals surface area contributed by atoms with E-state index in [2.05, 4.69) is 37.2 Å². The van der Waals surface area contributed by atoms with Crippen LogP contribution in [0.3, 0.4) is 0 Å². The summed E-state index contributed by atoms with van der Waals surface area (Å²) in [5.41, 5.74) is 3.09. The molecule has 1 aromatic carbocycles. The third-order valence-corrected chi connectivity index (χ3v) is 5.78. The monoisotopic (exact) mass is 386 g/mol. The highest BCUT2D eigenvalue weighted by Gasteiger charge is 2.14. The van der Waals surface area contributed by atoms with Crippen LogP contribution < -0.4 is 5.32 Å². The van der Waals surface area contributed by atoms with Crippen molar-refractivity contribution in [3.8, 4) is 0 Å². The first kappa shape index (κ1) is 21.3. The molecule has 0 atom stereocenters. The van der Waals surface area contributed by atoms with Crippen LogP contribution in [0.5, 0.6) is 0 Å². The molecule has 1 amide bonds. The molecular weight excluding hydrogens is 356 g/mol. The summed E-state index contributed by atoms with van der Waals surface area (Å²) in [6.07, 6.45) is 0.474. The first-order valence-electron chi connectivity index (χ1n) is 9.42. The van der Waals surface area contributed by atoms with E-state index in [-0.39, 0.29) is 24.5 Å². The van der Waals surface area contributed by atoms with Gasteiger partial charge in [-0.3, -0.25) is 14.5 Å². The highest BCUT2D eigenvalue weighted by molar-refractivity contribution is 7.12. The Kier molecular flexibility index (Phi) is 7.75. The summed E-state index contributed by atoms with van der Waals surface area (Å²) in [7, 11) is 2.10. The third-order valence-electron chi connectivity index (χ3n) is 4.82. The van der Waals surface area contributed by atoms with Gasteiger partial charge in [-0.1, -0.05) is 24.3 Å². The number of thiophene rings is 1. The molecule has 146 valence electrons. The Morgan fingerprint density at radius 1 is 1.11 bits per heavy atom. The molecule has 1 N–H and O–H groups in total. The van der Waals surface area contributed by atoms with Crippen molar-refractivity contribution in [3.63, 3.8) is 0 Å². The van der Waals surface area contributed by atoms with Gasteiger partial charge in [-0.05, 0) is 51.9 Å². The second-order valence-corrected chi connectivity index (χ2v) is 8.76. The molecule has 0 saturated carbocycles. The van der Waals surface area contributed by atoms with Gasteiger partial charge in [-0.15, -0.1) is 11.3 Å². The maximum Gasteiger partial charge on any atom is 0.220 e. The molecule has 5 heteroatoms. The van der Waals surface area contributed by atoms with Crippen LogP contribution in [0.4, 0.5) is 0 Å². The number of hydrogen-bond donors (Lipinski definition) is 1. The zero-order valence-corrected chi connectivity index (χ0v) is 17.8. The highest BCUT2D eigenvalue weighted by atomic mass is 32.1. The van der Waals surface area contributed by atoms with E-state index in [0.29, 0.717) is 12.6 Å². The molecule has 0 aliphatic carbocycles. The number of nitrogens with one attached hydrogen (secondary N) is 1. The summed E-state index contributed by atoms with van der Waals surface area (Å²) in [6, 6.07) is 10.5. The molecule has 0 bridgehead atoms. The number of benzene rings is 1. The summed E-state index contributed by atoms with van der Waals surface area (Å²) >= 11 is 1.62. The number of carbonyl (C=O) groups is 2. The van der Waals surface area contributed by atoms with Crippen molar-refractivity contribution in [2.45, 2.75) is 59.7 Å². The van der Waals surface area contributed by atoms with Crippen LogP contribution in [-0.4, -0.2) is 29.7 Å². The van der Waals surface area contributed by atoms with Gasteiger partial charge in [0.25, 0.3) is 0 Å². The van der Waals surface area contributed by atoms with E-state index < -0.39 is 0 Å². The maximum absolute atomic E-state index is 12.3. The summed E-state index contributed by atoms with van der Waals surface area (Å²) in [5.74, 6) is -0.0362. The standard InChI is InChI=1S/C22H30N2O2S/c1-15(2)24(5)14-19-9-7-6-8-18(19)13-23-22(26)11-10-21(25)20-12-16(3)27-17(20)4/h6-9,12,15H,10-11,13-14H2,1-5H3,(H,23,26). The SMILES string of the molecule is Cc1cc(C(=O)CCC(=O)NCc2ccccc2CN(C)C(C)C)c(C)s1. The van der Waals surface area contributed by atoms with Crippen molar-refractivity contribution in [1.82, 2.24) is 10.2 Å². The highest BCUT2D eigenvalue weighted by Crippen LogP contribution is 2.22. The lowest BCUT2D eigenvalue weighted by Gasteiger charge is -2.22. The van der Waals surface area contributed by atoms with Crippen LogP contribution in [-0.2, 0) is 17.9 Å². The van der Waals surface area contributed by atoms with Crippen molar-refractivity contribution >= 4 is 23.0 Å². The number of nitrogens with zero attached hydrogens (tertiary/aromatic N) is 1. The molecule has 2 aromatic rings. The smallest absolute Gasteiger partial charge is 0.220 e. The van der Waals surface area contributed by atoms with Gasteiger partial charge < -0.3 is 5.32 Å². The van der Waals surface area contributed by atoms with Crippen LogP contribution in [0.1, 0.15) is 57.9 Å². The summed E-state index contributed by atoms with van der Waals surface area (Å²) in [5, 5.41) is 2.96. The van der Waals surface area contributed by atoms with E-state index in [1.54, 1.807) is 11.3 Å². The van der Waals surface area contributed by atoms with Gasteiger partial charge in [0.2, 0.25) is 5.91 Å². The number of amides is 1. The van der Waals surface area contributed by atoms with E-state index in [1.165, 1.54) is 5.56 Å². The van der Waals surface area contributed by atoms with Gasteiger partial charge in [0.15, 0.2) is 5.78 Å². The molecule has 0 aliphatic heterocycles. The number of Topliss-reactive ketones (excluding diaryl/α,β-unsaturated/α-hetero) is 1. The Morgan fingerprint density at radius 2 is 1.78 bits per heavy atom. The Morgan fingerprint density at radius 3 is 2.37 bits per heavy atom. The summed E-state index contributed by atoms with van der Waals surface area (Å²) < 4.78 is 0. The molecule has 0 spiro atoms. The molecule has 0 radical (unpaired) electrons. The van der Waals surface area contributed by atoms with E-state index in [9.17, 15) is 9.59 Å². The fraction of sp³-hybridized carbons (Fsp3) is 0.455. The molecular formula is C22H30N2O2S. The molecule has 0 aliphatic rings. The zero-order chi connectivity index (χ0) is 20.0. The second-order valence-electron chi connectivity index (χ2n) is 7.30. The first-order valence-corrected chi connectivity index (χ1v) is 10.2.